The number of carbonyl (C=O) groups excluding carboxylic acids is 2. The summed E-state index contributed by atoms with van der Waals surface area (Å²) in [5, 5.41) is 0. The molecule has 2 heterocycles. The first kappa shape index (κ1) is 21.4. The number of morpholine rings is 1. The quantitative estimate of drug-likeness (QED) is 0.494. The molecule has 6 heteroatoms. The number of amides is 2. The van der Waals surface area contributed by atoms with Crippen LogP contribution >= 0.6 is 0 Å². The van der Waals surface area contributed by atoms with Gasteiger partial charge in [-0.1, -0.05) is 31.9 Å². The summed E-state index contributed by atoms with van der Waals surface area (Å²) < 4.78 is 11.4. The number of hydrogen-bond donors (Lipinski definition) is 0. The molecule has 0 N–H and O–H groups in total. The Hall–Kier alpha value is -2.34. The van der Waals surface area contributed by atoms with Gasteiger partial charge in [0.15, 0.2) is 0 Å². The van der Waals surface area contributed by atoms with Gasteiger partial charge in [-0.15, -0.1) is 0 Å². The Balaban J connectivity index is 1.97. The van der Waals surface area contributed by atoms with Crippen molar-refractivity contribution >= 4 is 17.4 Å². The van der Waals surface area contributed by atoms with Crippen LogP contribution in [0, 0.1) is 0 Å². The highest BCUT2D eigenvalue weighted by Gasteiger charge is 2.42. The van der Waals surface area contributed by atoms with Gasteiger partial charge in [-0.25, -0.2) is 0 Å². The Morgan fingerprint density at radius 2 is 1.66 bits per heavy atom. The number of unbranched alkanes of at least 4 members (excludes halogenated alkanes) is 2. The van der Waals surface area contributed by atoms with E-state index in [1.807, 2.05) is 49.9 Å². The van der Waals surface area contributed by atoms with Crippen LogP contribution < -0.4 is 4.74 Å². The summed E-state index contributed by atoms with van der Waals surface area (Å²) in [6.45, 7) is 10.3. The molecule has 6 nitrogen and oxygen atoms in total. The summed E-state index contributed by atoms with van der Waals surface area (Å²) in [5.74, 6) is 0.372. The highest BCUT2D eigenvalue weighted by atomic mass is 16.5. The average molecular weight is 401 g/mol. The molecule has 0 aromatic heterocycles. The van der Waals surface area contributed by atoms with Crippen molar-refractivity contribution < 1.29 is 19.1 Å². The van der Waals surface area contributed by atoms with Crippen LogP contribution in [-0.2, 0) is 14.3 Å². The first-order chi connectivity index (χ1) is 14.0. The van der Waals surface area contributed by atoms with E-state index in [0.717, 1.165) is 30.6 Å². The van der Waals surface area contributed by atoms with Crippen LogP contribution in [0.4, 0.5) is 0 Å². The Morgan fingerprint density at radius 3 is 2.24 bits per heavy atom. The number of carbonyl (C=O) groups is 2. The van der Waals surface area contributed by atoms with Crippen molar-refractivity contribution in [3.05, 3.63) is 35.5 Å². The standard InChI is InChI=1S/C23H32N2O4/c1-5-7-8-13-25-22(26)20(18-9-11-19(12-10-18)28-6-2)21(23(25)27)24-14-16(3)29-17(4)15-24/h9-12,16-17H,5-8,13-15H2,1-4H3. The lowest BCUT2D eigenvalue weighted by atomic mass is 10.0. The van der Waals surface area contributed by atoms with E-state index in [1.165, 1.54) is 4.90 Å². The van der Waals surface area contributed by atoms with Gasteiger partial charge in [0, 0.05) is 19.6 Å². The lowest BCUT2D eigenvalue weighted by Crippen LogP contribution is -2.47. The summed E-state index contributed by atoms with van der Waals surface area (Å²) in [4.78, 5) is 30.1. The van der Waals surface area contributed by atoms with Crippen molar-refractivity contribution in [1.29, 1.82) is 0 Å². The van der Waals surface area contributed by atoms with Gasteiger partial charge < -0.3 is 14.4 Å². The van der Waals surface area contributed by atoms with E-state index in [2.05, 4.69) is 6.92 Å². The minimum atomic E-state index is -0.197. The number of ether oxygens (including phenoxy) is 2. The topological polar surface area (TPSA) is 59.1 Å². The number of rotatable bonds is 8. The zero-order chi connectivity index (χ0) is 21.0. The van der Waals surface area contributed by atoms with Crippen LogP contribution in [0.25, 0.3) is 5.57 Å². The summed E-state index contributed by atoms with van der Waals surface area (Å²) in [6.07, 6.45) is 2.87. The first-order valence-corrected chi connectivity index (χ1v) is 10.7. The van der Waals surface area contributed by atoms with Gasteiger partial charge >= 0.3 is 0 Å². The molecule has 2 aliphatic rings. The van der Waals surface area contributed by atoms with Crippen LogP contribution in [0.5, 0.6) is 5.75 Å². The van der Waals surface area contributed by atoms with E-state index in [9.17, 15) is 9.59 Å². The van der Waals surface area contributed by atoms with E-state index in [4.69, 9.17) is 9.47 Å². The minimum Gasteiger partial charge on any atom is -0.494 e. The maximum atomic E-state index is 13.3. The molecule has 2 atom stereocenters. The fraction of sp³-hybridized carbons (Fsp3) is 0.565. The maximum absolute atomic E-state index is 13.3. The van der Waals surface area contributed by atoms with Crippen molar-refractivity contribution in [2.45, 2.75) is 59.2 Å². The molecule has 0 spiro atoms. The second kappa shape index (κ2) is 9.44. The van der Waals surface area contributed by atoms with Gasteiger partial charge in [0.25, 0.3) is 11.8 Å². The Kier molecular flexibility index (Phi) is 6.96. The molecule has 0 radical (unpaired) electrons. The lowest BCUT2D eigenvalue weighted by Gasteiger charge is -2.37. The second-order valence-electron chi connectivity index (χ2n) is 7.81. The first-order valence-electron chi connectivity index (χ1n) is 10.7. The summed E-state index contributed by atoms with van der Waals surface area (Å²) >= 11 is 0. The van der Waals surface area contributed by atoms with E-state index < -0.39 is 0 Å². The summed E-state index contributed by atoms with van der Waals surface area (Å²) in [5.41, 5.74) is 1.76. The number of imide groups is 1. The van der Waals surface area contributed by atoms with Crippen LogP contribution in [0.1, 0.15) is 52.5 Å². The molecule has 1 aromatic rings. The molecule has 29 heavy (non-hydrogen) atoms. The molecule has 1 saturated heterocycles. The van der Waals surface area contributed by atoms with Crippen molar-refractivity contribution in [3.8, 4) is 5.75 Å². The molecule has 1 aromatic carbocycles. The van der Waals surface area contributed by atoms with Gasteiger partial charge in [-0.05, 0) is 44.9 Å². The molecular weight excluding hydrogens is 368 g/mol. The average Bonchev–Trinajstić information content (AvgIpc) is 2.93. The SMILES string of the molecule is CCCCCN1C(=O)C(c2ccc(OCC)cc2)=C(N2CC(C)OC(C)C2)C1=O. The van der Waals surface area contributed by atoms with E-state index >= 15 is 0 Å². The van der Waals surface area contributed by atoms with E-state index in [1.54, 1.807) is 0 Å². The highest BCUT2D eigenvalue weighted by Crippen LogP contribution is 2.34. The minimum absolute atomic E-state index is 0.00451. The van der Waals surface area contributed by atoms with E-state index in [-0.39, 0.29) is 24.0 Å². The fourth-order valence-electron chi connectivity index (χ4n) is 4.08. The van der Waals surface area contributed by atoms with Gasteiger partial charge in [0.05, 0.1) is 24.4 Å². The Bertz CT molecular complexity index is 762. The fourth-order valence-corrected chi connectivity index (χ4v) is 4.08. The second-order valence-corrected chi connectivity index (χ2v) is 7.81. The number of nitrogens with zero attached hydrogens (tertiary/aromatic N) is 2. The molecule has 0 saturated carbocycles. The van der Waals surface area contributed by atoms with Gasteiger partial charge in [-0.2, -0.15) is 0 Å². The van der Waals surface area contributed by atoms with Crippen LogP contribution in [0.2, 0.25) is 0 Å². The third-order valence-corrected chi connectivity index (χ3v) is 5.32. The molecule has 2 amide bonds. The molecule has 1 fully saturated rings. The molecule has 3 rings (SSSR count). The lowest BCUT2D eigenvalue weighted by molar-refractivity contribution is -0.138. The molecule has 2 unspecified atom stereocenters. The Labute approximate surface area is 173 Å². The summed E-state index contributed by atoms with van der Waals surface area (Å²) in [7, 11) is 0. The van der Waals surface area contributed by atoms with E-state index in [0.29, 0.717) is 37.5 Å². The number of hydrogen-bond acceptors (Lipinski definition) is 5. The van der Waals surface area contributed by atoms with Gasteiger partial charge in [0.2, 0.25) is 0 Å². The predicted molar refractivity (Wildman–Crippen MR) is 112 cm³/mol. The predicted octanol–water partition coefficient (Wildman–Crippen LogP) is 3.46. The third-order valence-electron chi connectivity index (χ3n) is 5.32. The molecular formula is C23H32N2O4. The zero-order valence-electron chi connectivity index (χ0n) is 17.9. The monoisotopic (exact) mass is 400 g/mol. The molecule has 158 valence electrons. The van der Waals surface area contributed by atoms with Crippen molar-refractivity contribution in [2.24, 2.45) is 0 Å². The highest BCUT2D eigenvalue weighted by molar-refractivity contribution is 6.35. The van der Waals surface area contributed by atoms with Crippen LogP contribution in [0.15, 0.2) is 30.0 Å². The summed E-state index contributed by atoms with van der Waals surface area (Å²) in [6, 6.07) is 7.44. The largest absolute Gasteiger partial charge is 0.494 e. The normalized spacial score (nSPS) is 22.6. The third kappa shape index (κ3) is 4.64. The van der Waals surface area contributed by atoms with Crippen molar-refractivity contribution in [1.82, 2.24) is 9.80 Å². The number of benzene rings is 1. The van der Waals surface area contributed by atoms with Crippen LogP contribution in [0.3, 0.4) is 0 Å². The zero-order valence-corrected chi connectivity index (χ0v) is 17.9. The van der Waals surface area contributed by atoms with Gasteiger partial charge in [-0.3, -0.25) is 14.5 Å². The maximum Gasteiger partial charge on any atom is 0.277 e. The van der Waals surface area contributed by atoms with Crippen molar-refractivity contribution in [2.75, 3.05) is 26.2 Å². The molecule has 0 aliphatic carbocycles. The van der Waals surface area contributed by atoms with Crippen LogP contribution in [-0.4, -0.2) is 60.1 Å². The Morgan fingerprint density at radius 1 is 1.00 bits per heavy atom. The van der Waals surface area contributed by atoms with Gasteiger partial charge in [0.1, 0.15) is 11.4 Å². The molecule has 2 aliphatic heterocycles. The van der Waals surface area contributed by atoms with Crippen molar-refractivity contribution in [3.63, 3.8) is 0 Å². The smallest absolute Gasteiger partial charge is 0.277 e. The molecule has 0 bridgehead atoms.